The Balaban J connectivity index is 2.38. The minimum Gasteiger partial charge on any atom is -0.483 e. The second kappa shape index (κ2) is 4.21. The summed E-state index contributed by atoms with van der Waals surface area (Å²) in [6, 6.07) is 9.91. The van der Waals surface area contributed by atoms with Crippen molar-refractivity contribution in [3.8, 4) is 0 Å². The highest BCUT2D eigenvalue weighted by atomic mass is 16.5. The average Bonchev–Trinajstić information content (AvgIpc) is 2.55. The molecule has 0 aliphatic carbocycles. The molecule has 1 aliphatic heterocycles. The molecule has 0 spiro atoms. The Morgan fingerprint density at radius 3 is 2.47 bits per heavy atom. The summed E-state index contributed by atoms with van der Waals surface area (Å²) in [5.74, 6) is 0.866. The summed E-state index contributed by atoms with van der Waals surface area (Å²) >= 11 is 0. The van der Waals surface area contributed by atoms with Crippen molar-refractivity contribution in [2.75, 3.05) is 0 Å². The van der Waals surface area contributed by atoms with Gasteiger partial charge in [0.1, 0.15) is 11.4 Å². The fourth-order valence-corrected chi connectivity index (χ4v) is 1.86. The number of hydrogen-bond acceptors (Lipinski definition) is 2. The van der Waals surface area contributed by atoms with Gasteiger partial charge in [0.05, 0.1) is 0 Å². The van der Waals surface area contributed by atoms with Gasteiger partial charge in [-0.15, -0.1) is 0 Å². The Kier molecular flexibility index (Phi) is 2.88. The van der Waals surface area contributed by atoms with Crippen LogP contribution >= 0.6 is 0 Å². The number of carbonyl (C=O) groups is 1. The minimum atomic E-state index is -0.434. The van der Waals surface area contributed by atoms with Gasteiger partial charge in [-0.25, -0.2) is 0 Å². The topological polar surface area (TPSA) is 26.3 Å². The quantitative estimate of drug-likeness (QED) is 0.725. The first-order valence-electron chi connectivity index (χ1n) is 5.68. The third kappa shape index (κ3) is 2.47. The monoisotopic (exact) mass is 228 g/mol. The van der Waals surface area contributed by atoms with Crippen LogP contribution in [0.4, 0.5) is 0 Å². The third-order valence-electron chi connectivity index (χ3n) is 2.76. The zero-order chi connectivity index (χ0) is 12.5. The molecule has 1 aromatic rings. The lowest BCUT2D eigenvalue weighted by Crippen LogP contribution is -2.21. The maximum absolute atomic E-state index is 11.2. The molecule has 0 unspecified atom stereocenters. The summed E-state index contributed by atoms with van der Waals surface area (Å²) < 4.78 is 5.89. The van der Waals surface area contributed by atoms with Crippen LogP contribution in [0.2, 0.25) is 0 Å². The van der Waals surface area contributed by atoms with Gasteiger partial charge in [-0.3, -0.25) is 4.79 Å². The number of rotatable bonds is 2. The molecule has 1 heterocycles. The first-order chi connectivity index (χ1) is 7.99. The highest BCUT2D eigenvalue weighted by Crippen LogP contribution is 2.37. The summed E-state index contributed by atoms with van der Waals surface area (Å²) in [4.78, 5) is 11.2. The van der Waals surface area contributed by atoms with Gasteiger partial charge in [-0.1, -0.05) is 30.3 Å². The normalized spacial score (nSPS) is 19.9. The van der Waals surface area contributed by atoms with Crippen LogP contribution in [0.5, 0.6) is 0 Å². The maximum atomic E-state index is 11.2. The molecule has 0 bridgehead atoms. The molecule has 0 radical (unpaired) electrons. The van der Waals surface area contributed by atoms with Crippen LogP contribution in [0.1, 0.15) is 26.3 Å². The molecule has 1 aromatic carbocycles. The van der Waals surface area contributed by atoms with Crippen LogP contribution in [-0.2, 0) is 9.53 Å². The van der Waals surface area contributed by atoms with Gasteiger partial charge >= 0.3 is 0 Å². The third-order valence-corrected chi connectivity index (χ3v) is 2.76. The van der Waals surface area contributed by atoms with Crippen LogP contribution in [0.15, 0.2) is 48.1 Å². The van der Waals surface area contributed by atoms with E-state index in [-0.39, 0.29) is 5.78 Å². The molecule has 0 amide bonds. The van der Waals surface area contributed by atoms with Crippen molar-refractivity contribution in [1.82, 2.24) is 0 Å². The van der Waals surface area contributed by atoms with Crippen molar-refractivity contribution in [3.05, 3.63) is 53.6 Å². The molecule has 17 heavy (non-hydrogen) atoms. The van der Waals surface area contributed by atoms with E-state index in [1.807, 2.05) is 50.3 Å². The molecule has 0 atom stereocenters. The van der Waals surface area contributed by atoms with E-state index in [1.54, 1.807) is 13.0 Å². The summed E-state index contributed by atoms with van der Waals surface area (Å²) in [5.41, 5.74) is 1.52. The Morgan fingerprint density at radius 2 is 1.88 bits per heavy atom. The maximum Gasteiger partial charge on any atom is 0.153 e. The van der Waals surface area contributed by atoms with E-state index in [9.17, 15) is 4.79 Å². The zero-order valence-corrected chi connectivity index (χ0v) is 10.4. The van der Waals surface area contributed by atoms with Gasteiger partial charge in [0.25, 0.3) is 0 Å². The molecule has 1 aliphatic rings. The lowest BCUT2D eigenvalue weighted by atomic mass is 9.98. The van der Waals surface area contributed by atoms with Gasteiger partial charge in [0.15, 0.2) is 5.78 Å². The van der Waals surface area contributed by atoms with Crippen molar-refractivity contribution in [1.29, 1.82) is 0 Å². The Morgan fingerprint density at radius 1 is 1.24 bits per heavy atom. The van der Waals surface area contributed by atoms with E-state index in [0.717, 1.165) is 16.9 Å². The van der Waals surface area contributed by atoms with Crippen LogP contribution < -0.4 is 0 Å². The Labute approximate surface area is 102 Å². The zero-order valence-electron chi connectivity index (χ0n) is 10.4. The standard InChI is InChI=1S/C15H16O2/c1-11(16)9-13-10-14(17-15(13,2)3)12-7-5-4-6-8-12/h4-10H,1-3H3/b13-9+. The van der Waals surface area contributed by atoms with Crippen molar-refractivity contribution in [3.63, 3.8) is 0 Å². The van der Waals surface area contributed by atoms with Crippen molar-refractivity contribution >= 4 is 11.5 Å². The second-order valence-corrected chi connectivity index (χ2v) is 4.70. The van der Waals surface area contributed by atoms with Crippen LogP contribution in [0, 0.1) is 0 Å². The molecule has 2 rings (SSSR count). The second-order valence-electron chi connectivity index (χ2n) is 4.70. The summed E-state index contributed by atoms with van der Waals surface area (Å²) in [7, 11) is 0. The smallest absolute Gasteiger partial charge is 0.153 e. The van der Waals surface area contributed by atoms with Crippen LogP contribution in [-0.4, -0.2) is 11.4 Å². The van der Waals surface area contributed by atoms with Crippen molar-refractivity contribution < 1.29 is 9.53 Å². The van der Waals surface area contributed by atoms with E-state index < -0.39 is 5.60 Å². The molecule has 88 valence electrons. The van der Waals surface area contributed by atoms with Gasteiger partial charge in [-0.05, 0) is 32.9 Å². The van der Waals surface area contributed by atoms with Gasteiger partial charge < -0.3 is 4.74 Å². The number of benzene rings is 1. The van der Waals surface area contributed by atoms with Crippen LogP contribution in [0.3, 0.4) is 0 Å². The first-order valence-corrected chi connectivity index (χ1v) is 5.68. The lowest BCUT2D eigenvalue weighted by molar-refractivity contribution is -0.112. The molecular formula is C15H16O2. The fraction of sp³-hybridized carbons (Fsp3) is 0.267. The van der Waals surface area contributed by atoms with Gasteiger partial charge in [-0.2, -0.15) is 0 Å². The predicted molar refractivity (Wildman–Crippen MR) is 68.3 cm³/mol. The van der Waals surface area contributed by atoms with Gasteiger partial charge in [0, 0.05) is 11.1 Å². The fourth-order valence-electron chi connectivity index (χ4n) is 1.86. The largest absolute Gasteiger partial charge is 0.483 e. The van der Waals surface area contributed by atoms with Crippen LogP contribution in [0.25, 0.3) is 5.76 Å². The molecule has 0 aromatic heterocycles. The average molecular weight is 228 g/mol. The van der Waals surface area contributed by atoms with E-state index in [0.29, 0.717) is 0 Å². The lowest BCUT2D eigenvalue weighted by Gasteiger charge is -2.21. The van der Waals surface area contributed by atoms with Gasteiger partial charge in [0.2, 0.25) is 0 Å². The SMILES string of the molecule is CC(=O)/C=C1\C=C(c2ccccc2)OC1(C)C. The van der Waals surface area contributed by atoms with Crippen molar-refractivity contribution in [2.24, 2.45) is 0 Å². The molecule has 0 fully saturated rings. The molecule has 0 saturated carbocycles. The highest BCUT2D eigenvalue weighted by molar-refractivity contribution is 5.89. The van der Waals surface area contributed by atoms with E-state index in [1.165, 1.54) is 0 Å². The molecule has 0 N–H and O–H groups in total. The molecular weight excluding hydrogens is 212 g/mol. The summed E-state index contributed by atoms with van der Waals surface area (Å²) in [6.07, 6.45) is 3.58. The summed E-state index contributed by atoms with van der Waals surface area (Å²) in [5, 5.41) is 0. The number of ether oxygens (including phenoxy) is 1. The van der Waals surface area contributed by atoms with E-state index >= 15 is 0 Å². The number of allylic oxidation sites excluding steroid dienone is 1. The first kappa shape index (κ1) is 11.6. The number of hydrogen-bond donors (Lipinski definition) is 0. The Hall–Kier alpha value is -1.83. The molecule has 0 saturated heterocycles. The van der Waals surface area contributed by atoms with E-state index in [4.69, 9.17) is 4.74 Å². The number of carbonyl (C=O) groups excluding carboxylic acids is 1. The summed E-state index contributed by atoms with van der Waals surface area (Å²) in [6.45, 7) is 5.49. The van der Waals surface area contributed by atoms with Crippen molar-refractivity contribution in [2.45, 2.75) is 26.4 Å². The molecule has 2 heteroatoms. The Bertz CT molecular complexity index is 493. The highest BCUT2D eigenvalue weighted by Gasteiger charge is 2.32. The predicted octanol–water partition coefficient (Wildman–Crippen LogP) is 3.35. The minimum absolute atomic E-state index is 0.0437. The number of ketones is 1. The van der Waals surface area contributed by atoms with E-state index in [2.05, 4.69) is 0 Å². The molecule has 2 nitrogen and oxygen atoms in total.